The Morgan fingerprint density at radius 3 is 2.88 bits per heavy atom. The summed E-state index contributed by atoms with van der Waals surface area (Å²) in [5.41, 5.74) is 1.95. The zero-order valence-corrected chi connectivity index (χ0v) is 10.3. The lowest BCUT2D eigenvalue weighted by atomic mass is 10.2. The number of amides is 1. The van der Waals surface area contributed by atoms with Crippen LogP contribution in [-0.4, -0.2) is 5.91 Å². The summed E-state index contributed by atoms with van der Waals surface area (Å²) in [7, 11) is 0. The molecule has 0 saturated heterocycles. The average Bonchev–Trinajstić information content (AvgIpc) is 2.79. The summed E-state index contributed by atoms with van der Waals surface area (Å²) < 4.78 is 0. The lowest BCUT2D eigenvalue weighted by Gasteiger charge is -2.02. The zero-order valence-electron chi connectivity index (χ0n) is 9.51. The fraction of sp³-hybridized carbons (Fsp3) is 0.0714. The number of benzene rings is 1. The maximum atomic E-state index is 11.6. The monoisotopic (exact) mass is 243 g/mol. The molecule has 17 heavy (non-hydrogen) atoms. The molecule has 0 fully saturated rings. The molecule has 1 heterocycles. The third kappa shape index (κ3) is 3.57. The van der Waals surface area contributed by atoms with E-state index in [4.69, 9.17) is 0 Å². The molecule has 86 valence electrons. The maximum absolute atomic E-state index is 11.6. The van der Waals surface area contributed by atoms with Crippen LogP contribution in [-0.2, 0) is 4.79 Å². The fourth-order valence-electron chi connectivity index (χ4n) is 1.45. The van der Waals surface area contributed by atoms with Crippen LogP contribution >= 0.6 is 11.3 Å². The van der Waals surface area contributed by atoms with E-state index in [-0.39, 0.29) is 5.91 Å². The number of hydrogen-bond donors (Lipinski definition) is 1. The maximum Gasteiger partial charge on any atom is 0.248 e. The topological polar surface area (TPSA) is 29.1 Å². The number of thiophene rings is 1. The molecule has 1 aromatic carbocycles. The number of aryl methyl sites for hydroxylation is 1. The van der Waals surface area contributed by atoms with Gasteiger partial charge in [-0.15, -0.1) is 11.3 Å². The van der Waals surface area contributed by atoms with Crippen LogP contribution < -0.4 is 5.32 Å². The quantitative estimate of drug-likeness (QED) is 0.818. The van der Waals surface area contributed by atoms with Gasteiger partial charge in [-0.1, -0.05) is 18.2 Å². The van der Waals surface area contributed by atoms with Crippen molar-refractivity contribution in [2.75, 3.05) is 5.32 Å². The van der Waals surface area contributed by atoms with Crippen molar-refractivity contribution in [2.45, 2.75) is 6.92 Å². The van der Waals surface area contributed by atoms with Crippen molar-refractivity contribution in [3.05, 3.63) is 58.3 Å². The van der Waals surface area contributed by atoms with Gasteiger partial charge in [0.15, 0.2) is 0 Å². The lowest BCUT2D eigenvalue weighted by Crippen LogP contribution is -2.07. The van der Waals surface area contributed by atoms with Gasteiger partial charge in [-0.25, -0.2) is 0 Å². The molecule has 0 aliphatic rings. The minimum Gasteiger partial charge on any atom is -0.323 e. The molecular formula is C14H13NOS. The summed E-state index contributed by atoms with van der Waals surface area (Å²) in [5, 5.41) is 4.81. The molecule has 0 aliphatic heterocycles. The molecule has 1 N–H and O–H groups in total. The molecule has 0 radical (unpaired) electrons. The number of carbonyl (C=O) groups excluding carboxylic acids is 1. The molecule has 1 aromatic heterocycles. The second-order valence-electron chi connectivity index (χ2n) is 3.71. The standard InChI is InChI=1S/C14H13NOS/c1-11-4-2-5-12(10-11)15-14(16)8-7-13-6-3-9-17-13/h2-10H,1H3,(H,15,16)/b8-7+. The van der Waals surface area contributed by atoms with E-state index in [1.165, 1.54) is 0 Å². The predicted molar refractivity (Wildman–Crippen MR) is 73.2 cm³/mol. The second-order valence-corrected chi connectivity index (χ2v) is 4.69. The first kappa shape index (κ1) is 11.6. The van der Waals surface area contributed by atoms with Gasteiger partial charge in [0.25, 0.3) is 0 Å². The summed E-state index contributed by atoms with van der Waals surface area (Å²) >= 11 is 1.61. The first-order valence-electron chi connectivity index (χ1n) is 5.33. The van der Waals surface area contributed by atoms with Crippen molar-refractivity contribution in [3.8, 4) is 0 Å². The van der Waals surface area contributed by atoms with Crippen molar-refractivity contribution in [1.82, 2.24) is 0 Å². The van der Waals surface area contributed by atoms with E-state index in [9.17, 15) is 4.79 Å². The van der Waals surface area contributed by atoms with Gasteiger partial charge < -0.3 is 5.32 Å². The molecule has 3 heteroatoms. The number of hydrogen-bond acceptors (Lipinski definition) is 2. The van der Waals surface area contributed by atoms with Crippen LogP contribution in [0.2, 0.25) is 0 Å². The fourth-order valence-corrected chi connectivity index (χ4v) is 2.07. The van der Waals surface area contributed by atoms with E-state index in [1.54, 1.807) is 17.4 Å². The van der Waals surface area contributed by atoms with Gasteiger partial charge in [-0.2, -0.15) is 0 Å². The average molecular weight is 243 g/mol. The number of carbonyl (C=O) groups is 1. The lowest BCUT2D eigenvalue weighted by molar-refractivity contribution is -0.111. The molecule has 0 spiro atoms. The Balaban J connectivity index is 1.98. The van der Waals surface area contributed by atoms with Crippen LogP contribution in [0.25, 0.3) is 6.08 Å². The van der Waals surface area contributed by atoms with Crippen LogP contribution in [0.5, 0.6) is 0 Å². The Kier molecular flexibility index (Phi) is 3.73. The van der Waals surface area contributed by atoms with Gasteiger partial charge >= 0.3 is 0 Å². The molecule has 0 unspecified atom stereocenters. The highest BCUT2D eigenvalue weighted by atomic mass is 32.1. The van der Waals surface area contributed by atoms with Gasteiger partial charge in [0.1, 0.15) is 0 Å². The van der Waals surface area contributed by atoms with Crippen molar-refractivity contribution in [2.24, 2.45) is 0 Å². The number of nitrogens with one attached hydrogen (secondary N) is 1. The van der Waals surface area contributed by atoms with Crippen molar-refractivity contribution in [1.29, 1.82) is 0 Å². The Labute approximate surface area is 105 Å². The molecule has 2 rings (SSSR count). The van der Waals surface area contributed by atoms with Crippen LogP contribution in [0.3, 0.4) is 0 Å². The molecule has 0 bridgehead atoms. The Hall–Kier alpha value is -1.87. The van der Waals surface area contributed by atoms with Gasteiger partial charge in [-0.05, 0) is 42.1 Å². The summed E-state index contributed by atoms with van der Waals surface area (Å²) in [5.74, 6) is -0.107. The van der Waals surface area contributed by atoms with E-state index in [1.807, 2.05) is 54.8 Å². The van der Waals surface area contributed by atoms with Crippen LogP contribution in [0, 0.1) is 6.92 Å². The summed E-state index contributed by atoms with van der Waals surface area (Å²) in [6, 6.07) is 11.7. The van der Waals surface area contributed by atoms with Gasteiger partial charge in [0.2, 0.25) is 5.91 Å². The molecule has 0 atom stereocenters. The molecule has 1 amide bonds. The highest BCUT2D eigenvalue weighted by Crippen LogP contribution is 2.12. The Morgan fingerprint density at radius 1 is 1.29 bits per heavy atom. The van der Waals surface area contributed by atoms with E-state index in [2.05, 4.69) is 5.32 Å². The molecule has 2 nitrogen and oxygen atoms in total. The Bertz CT molecular complexity index is 529. The van der Waals surface area contributed by atoms with Crippen molar-refractivity contribution in [3.63, 3.8) is 0 Å². The van der Waals surface area contributed by atoms with Crippen molar-refractivity contribution < 1.29 is 4.79 Å². The highest BCUT2D eigenvalue weighted by Gasteiger charge is 1.97. The van der Waals surface area contributed by atoms with Gasteiger partial charge in [0, 0.05) is 16.6 Å². The molecular weight excluding hydrogens is 230 g/mol. The largest absolute Gasteiger partial charge is 0.323 e. The van der Waals surface area contributed by atoms with E-state index in [0.717, 1.165) is 16.1 Å². The number of rotatable bonds is 3. The van der Waals surface area contributed by atoms with E-state index >= 15 is 0 Å². The third-order valence-corrected chi connectivity index (χ3v) is 3.07. The first-order valence-corrected chi connectivity index (χ1v) is 6.21. The minimum absolute atomic E-state index is 0.107. The van der Waals surface area contributed by atoms with E-state index in [0.29, 0.717) is 0 Å². The van der Waals surface area contributed by atoms with E-state index < -0.39 is 0 Å². The highest BCUT2D eigenvalue weighted by molar-refractivity contribution is 7.10. The van der Waals surface area contributed by atoms with Crippen molar-refractivity contribution >= 4 is 29.0 Å². The van der Waals surface area contributed by atoms with Gasteiger partial charge in [-0.3, -0.25) is 4.79 Å². The smallest absolute Gasteiger partial charge is 0.248 e. The summed E-state index contributed by atoms with van der Waals surface area (Å²) in [6.45, 7) is 2.00. The van der Waals surface area contributed by atoms with Crippen LogP contribution in [0.15, 0.2) is 47.9 Å². The van der Waals surface area contributed by atoms with Crippen LogP contribution in [0.4, 0.5) is 5.69 Å². The summed E-state index contributed by atoms with van der Waals surface area (Å²) in [6.07, 6.45) is 3.37. The molecule has 2 aromatic rings. The summed E-state index contributed by atoms with van der Waals surface area (Å²) in [4.78, 5) is 12.7. The predicted octanol–water partition coefficient (Wildman–Crippen LogP) is 3.71. The normalized spacial score (nSPS) is 10.6. The SMILES string of the molecule is Cc1cccc(NC(=O)/C=C/c2cccs2)c1. The minimum atomic E-state index is -0.107. The number of anilines is 1. The molecule has 0 aliphatic carbocycles. The molecule has 0 saturated carbocycles. The second kappa shape index (κ2) is 5.46. The third-order valence-electron chi connectivity index (χ3n) is 2.23. The first-order chi connectivity index (χ1) is 8.24. The van der Waals surface area contributed by atoms with Gasteiger partial charge in [0.05, 0.1) is 0 Å². The van der Waals surface area contributed by atoms with Crippen LogP contribution in [0.1, 0.15) is 10.4 Å². The zero-order chi connectivity index (χ0) is 12.1. The Morgan fingerprint density at radius 2 is 2.18 bits per heavy atom.